The van der Waals surface area contributed by atoms with Gasteiger partial charge in [-0.05, 0) is 0 Å². The van der Waals surface area contributed by atoms with E-state index >= 15 is 0 Å². The molecule has 2 aliphatic heterocycles. The van der Waals surface area contributed by atoms with Crippen LogP contribution in [0, 0.1) is 0 Å². The molecule has 0 radical (unpaired) electrons. The van der Waals surface area contributed by atoms with Crippen LogP contribution in [0.15, 0.2) is 0 Å². The van der Waals surface area contributed by atoms with E-state index in [1.807, 2.05) is 0 Å². The number of aliphatic hydroxyl groups is 8. The van der Waals surface area contributed by atoms with Gasteiger partial charge in [0.25, 0.3) is 0 Å². The summed E-state index contributed by atoms with van der Waals surface area (Å²) in [6.07, 6.45) is -12.7. The summed E-state index contributed by atoms with van der Waals surface area (Å²) in [5, 5.41) is 76.7. The van der Waals surface area contributed by atoms with Crippen LogP contribution < -0.4 is 0 Å². The molecule has 0 unspecified atom stereocenters. The topological polar surface area (TPSA) is 190 Å². The average Bonchev–Trinajstić information content (AvgIpc) is 2.80. The van der Waals surface area contributed by atoms with Gasteiger partial charge in [0.2, 0.25) is 5.79 Å². The van der Waals surface area contributed by atoms with Gasteiger partial charge >= 0.3 is 0 Å². The van der Waals surface area contributed by atoms with E-state index in [1.54, 1.807) is 0 Å². The van der Waals surface area contributed by atoms with E-state index in [2.05, 4.69) is 0 Å². The highest BCUT2D eigenvalue weighted by Gasteiger charge is 2.58. The van der Waals surface area contributed by atoms with E-state index in [0.717, 1.165) is 0 Å². The third kappa shape index (κ3) is 3.23. The SMILES string of the molecule is OC[C@H]1O[C@@H](O[C@@]2(CO)O[C@H](CO)[C@@H](O)[C@H]2O)[C@H](O)[C@@H](O)[C@@H]1O. The normalized spacial score (nSPS) is 51.1. The van der Waals surface area contributed by atoms with Gasteiger partial charge in [0.05, 0.1) is 13.2 Å². The fourth-order valence-electron chi connectivity index (χ4n) is 2.63. The van der Waals surface area contributed by atoms with Gasteiger partial charge in [0.15, 0.2) is 6.29 Å². The van der Waals surface area contributed by atoms with E-state index < -0.39 is 74.6 Å². The van der Waals surface area contributed by atoms with Crippen LogP contribution in [0.1, 0.15) is 0 Å². The zero-order valence-corrected chi connectivity index (χ0v) is 12.0. The summed E-state index contributed by atoms with van der Waals surface area (Å²) in [5.41, 5.74) is 0. The predicted octanol–water partition coefficient (Wildman–Crippen LogP) is -5.40. The van der Waals surface area contributed by atoms with E-state index in [1.165, 1.54) is 0 Å². The molecule has 11 heteroatoms. The van der Waals surface area contributed by atoms with Crippen molar-refractivity contribution < 1.29 is 55.1 Å². The Morgan fingerprint density at radius 2 is 1.39 bits per heavy atom. The van der Waals surface area contributed by atoms with Crippen LogP contribution in [0.25, 0.3) is 0 Å². The molecule has 9 atom stereocenters. The molecule has 136 valence electrons. The van der Waals surface area contributed by atoms with Crippen LogP contribution in [-0.4, -0.2) is 115 Å². The minimum atomic E-state index is -2.22. The van der Waals surface area contributed by atoms with Crippen LogP contribution >= 0.6 is 0 Å². The van der Waals surface area contributed by atoms with Crippen molar-refractivity contribution >= 4 is 0 Å². The largest absolute Gasteiger partial charge is 0.394 e. The second-order valence-corrected chi connectivity index (χ2v) is 5.56. The molecule has 0 aliphatic carbocycles. The van der Waals surface area contributed by atoms with Gasteiger partial charge < -0.3 is 55.1 Å². The standard InChI is InChI=1S/C12H22O11/c13-1-4-6(16)8(18)9(19)11(21-4)23-12(3-15)10(20)7(17)5(2-14)22-12/h4-11,13-20H,1-3H2/t4-,5-,6-,7-,8+,9-,10-,11+,12-/m1/s1. The van der Waals surface area contributed by atoms with Gasteiger partial charge in [-0.1, -0.05) is 0 Å². The van der Waals surface area contributed by atoms with Crippen molar-refractivity contribution in [2.24, 2.45) is 0 Å². The summed E-state index contributed by atoms with van der Waals surface area (Å²) in [4.78, 5) is 0. The Balaban J connectivity index is 2.18. The van der Waals surface area contributed by atoms with Gasteiger partial charge in [-0.25, -0.2) is 0 Å². The molecule has 0 amide bonds. The van der Waals surface area contributed by atoms with Gasteiger partial charge in [-0.3, -0.25) is 0 Å². The van der Waals surface area contributed by atoms with Crippen molar-refractivity contribution in [2.75, 3.05) is 19.8 Å². The summed E-state index contributed by atoms with van der Waals surface area (Å²) in [7, 11) is 0. The smallest absolute Gasteiger partial charge is 0.224 e. The molecule has 0 saturated carbocycles. The number of aliphatic hydroxyl groups excluding tert-OH is 8. The molecule has 2 aliphatic rings. The molecule has 0 aromatic carbocycles. The lowest BCUT2D eigenvalue weighted by molar-refractivity contribution is -0.383. The summed E-state index contributed by atoms with van der Waals surface area (Å²) >= 11 is 0. The van der Waals surface area contributed by atoms with Crippen molar-refractivity contribution in [2.45, 2.75) is 54.8 Å². The fraction of sp³-hybridized carbons (Fsp3) is 1.00. The Morgan fingerprint density at radius 1 is 0.783 bits per heavy atom. The minimum Gasteiger partial charge on any atom is -0.394 e. The first-order valence-corrected chi connectivity index (χ1v) is 7.05. The van der Waals surface area contributed by atoms with E-state index in [9.17, 15) is 30.6 Å². The Kier molecular flexibility index (Phi) is 5.92. The van der Waals surface area contributed by atoms with Crippen LogP contribution in [0.5, 0.6) is 0 Å². The molecule has 11 nitrogen and oxygen atoms in total. The van der Waals surface area contributed by atoms with Crippen molar-refractivity contribution in [3.05, 3.63) is 0 Å². The molecule has 0 aromatic heterocycles. The first-order chi connectivity index (χ1) is 10.8. The Hall–Kier alpha value is -0.440. The van der Waals surface area contributed by atoms with Crippen molar-refractivity contribution in [3.8, 4) is 0 Å². The third-order valence-corrected chi connectivity index (χ3v) is 4.07. The Morgan fingerprint density at radius 3 is 1.87 bits per heavy atom. The quantitative estimate of drug-likeness (QED) is 0.238. The molecule has 23 heavy (non-hydrogen) atoms. The summed E-state index contributed by atoms with van der Waals surface area (Å²) in [6.45, 7) is -2.32. The van der Waals surface area contributed by atoms with Gasteiger partial charge in [-0.15, -0.1) is 0 Å². The lowest BCUT2D eigenvalue weighted by Crippen LogP contribution is -2.62. The molecule has 0 aromatic rings. The molecular weight excluding hydrogens is 320 g/mol. The highest BCUT2D eigenvalue weighted by molar-refractivity contribution is 4.98. The number of rotatable bonds is 5. The molecular formula is C12H22O11. The second-order valence-electron chi connectivity index (χ2n) is 5.56. The number of hydrogen-bond acceptors (Lipinski definition) is 11. The first kappa shape index (κ1) is 18.9. The van der Waals surface area contributed by atoms with Gasteiger partial charge in [0, 0.05) is 0 Å². The molecule has 2 rings (SSSR count). The fourth-order valence-corrected chi connectivity index (χ4v) is 2.63. The molecule has 0 spiro atoms. The van der Waals surface area contributed by atoms with Crippen molar-refractivity contribution in [1.82, 2.24) is 0 Å². The van der Waals surface area contributed by atoms with Crippen molar-refractivity contribution in [3.63, 3.8) is 0 Å². The second kappa shape index (κ2) is 7.21. The van der Waals surface area contributed by atoms with E-state index in [-0.39, 0.29) is 0 Å². The molecule has 2 heterocycles. The van der Waals surface area contributed by atoms with Crippen LogP contribution in [0.2, 0.25) is 0 Å². The van der Waals surface area contributed by atoms with Crippen LogP contribution in [-0.2, 0) is 14.2 Å². The molecule has 2 fully saturated rings. The molecule has 0 bridgehead atoms. The molecule has 2 saturated heterocycles. The summed E-state index contributed by atoms with van der Waals surface area (Å²) in [6, 6.07) is 0. The van der Waals surface area contributed by atoms with Gasteiger partial charge in [0.1, 0.15) is 49.3 Å². The van der Waals surface area contributed by atoms with E-state index in [4.69, 9.17) is 24.4 Å². The number of ether oxygens (including phenoxy) is 3. The predicted molar refractivity (Wildman–Crippen MR) is 68.6 cm³/mol. The van der Waals surface area contributed by atoms with Gasteiger partial charge in [-0.2, -0.15) is 0 Å². The highest BCUT2D eigenvalue weighted by Crippen LogP contribution is 2.35. The van der Waals surface area contributed by atoms with Crippen LogP contribution in [0.3, 0.4) is 0 Å². The minimum absolute atomic E-state index is 0.669. The average molecular weight is 342 g/mol. The lowest BCUT2D eigenvalue weighted by atomic mass is 9.99. The summed E-state index contributed by atoms with van der Waals surface area (Å²) in [5.74, 6) is -2.22. The monoisotopic (exact) mass is 342 g/mol. The maximum absolute atomic E-state index is 10.00. The zero-order chi connectivity index (χ0) is 17.4. The Bertz CT molecular complexity index is 393. The van der Waals surface area contributed by atoms with Crippen molar-refractivity contribution in [1.29, 1.82) is 0 Å². The first-order valence-electron chi connectivity index (χ1n) is 7.05. The van der Waals surface area contributed by atoms with Crippen LogP contribution in [0.4, 0.5) is 0 Å². The maximum Gasteiger partial charge on any atom is 0.224 e. The third-order valence-electron chi connectivity index (χ3n) is 4.07. The maximum atomic E-state index is 10.00. The molecule has 8 N–H and O–H groups in total. The summed E-state index contributed by atoms with van der Waals surface area (Å²) < 4.78 is 15.4. The zero-order valence-electron chi connectivity index (χ0n) is 12.0. The highest BCUT2D eigenvalue weighted by atomic mass is 16.8. The Labute approximate surface area is 130 Å². The lowest BCUT2D eigenvalue weighted by Gasteiger charge is -2.43. The van der Waals surface area contributed by atoms with E-state index in [0.29, 0.717) is 0 Å². The number of hydrogen-bond donors (Lipinski definition) is 8.